The molecule has 0 saturated carbocycles. The van der Waals surface area contributed by atoms with Gasteiger partial charge < -0.3 is 19.3 Å². The first-order chi connectivity index (χ1) is 20.4. The van der Waals surface area contributed by atoms with Crippen molar-refractivity contribution >= 4 is 45.5 Å². The number of methoxy groups -OCH3 is 1. The molecule has 0 spiro atoms. The monoisotopic (exact) mass is 579 g/mol. The molecule has 0 aliphatic carbocycles. The summed E-state index contributed by atoms with van der Waals surface area (Å²) in [6, 6.07) is 26.8. The first kappa shape index (κ1) is 28.7. The number of thioether (sulfide) groups is 1. The van der Waals surface area contributed by atoms with E-state index in [1.54, 1.807) is 44.4 Å². The Morgan fingerprint density at radius 2 is 1.69 bits per heavy atom. The van der Waals surface area contributed by atoms with E-state index in [1.807, 2.05) is 43.3 Å². The van der Waals surface area contributed by atoms with Gasteiger partial charge in [0.1, 0.15) is 23.0 Å². The van der Waals surface area contributed by atoms with Crippen LogP contribution in [0.15, 0.2) is 106 Å². The highest BCUT2D eigenvalue weighted by Gasteiger charge is 2.34. The Morgan fingerprint density at radius 3 is 2.45 bits per heavy atom. The summed E-state index contributed by atoms with van der Waals surface area (Å²) in [6.07, 6.45) is 1.69. The number of aryl methyl sites for hydroxylation is 1. The maximum absolute atomic E-state index is 13.0. The van der Waals surface area contributed by atoms with Crippen molar-refractivity contribution < 1.29 is 28.9 Å². The van der Waals surface area contributed by atoms with Crippen LogP contribution >= 0.6 is 11.8 Å². The summed E-state index contributed by atoms with van der Waals surface area (Å²) < 4.78 is 16.8. The Bertz CT molecular complexity index is 1770. The molecule has 0 unspecified atom stereocenters. The average molecular weight is 580 g/mol. The fourth-order valence-corrected chi connectivity index (χ4v) is 5.50. The molecule has 1 N–H and O–H groups in total. The quantitative estimate of drug-likeness (QED) is 0.217. The first-order valence-electron chi connectivity index (χ1n) is 13.4. The van der Waals surface area contributed by atoms with E-state index < -0.39 is 11.9 Å². The summed E-state index contributed by atoms with van der Waals surface area (Å²) in [5.41, 5.74) is 2.74. The summed E-state index contributed by atoms with van der Waals surface area (Å²) >= 11 is 1.02. The summed E-state index contributed by atoms with van der Waals surface area (Å²) in [5.74, 6) is -0.501. The second-order valence-electron chi connectivity index (χ2n) is 9.47. The van der Waals surface area contributed by atoms with Gasteiger partial charge in [0.15, 0.2) is 11.5 Å². The van der Waals surface area contributed by atoms with Gasteiger partial charge in [-0.1, -0.05) is 72.4 Å². The molecule has 4 aromatic rings. The topological polar surface area (TPSA) is 94.4 Å². The van der Waals surface area contributed by atoms with E-state index in [-0.39, 0.29) is 23.0 Å². The number of carbonyl (C=O) groups excluding carboxylic acids is 2. The average Bonchev–Trinajstić information content (AvgIpc) is 3.30. The Kier molecular flexibility index (Phi) is 8.74. The van der Waals surface area contributed by atoms with Crippen molar-refractivity contribution in [3.8, 4) is 11.5 Å². The number of carbonyl (C=O) groups is 2. The fraction of sp³-hybridized carbons (Fsp3) is 0.147. The summed E-state index contributed by atoms with van der Waals surface area (Å²) in [6.45, 7) is 3.94. The predicted molar refractivity (Wildman–Crippen MR) is 166 cm³/mol. The smallest absolute Gasteiger partial charge is 0.344 e. The van der Waals surface area contributed by atoms with Gasteiger partial charge in [0, 0.05) is 5.56 Å². The van der Waals surface area contributed by atoms with Crippen LogP contribution in [0, 0.1) is 6.92 Å². The lowest BCUT2D eigenvalue weighted by atomic mass is 10.1. The van der Waals surface area contributed by atoms with Crippen molar-refractivity contribution in [1.82, 2.24) is 0 Å². The van der Waals surface area contributed by atoms with Crippen molar-refractivity contribution in [2.45, 2.75) is 20.5 Å². The normalized spacial score (nSPS) is 14.9. The number of benzene rings is 4. The predicted octanol–water partition coefficient (Wildman–Crippen LogP) is 7.44. The molecule has 7 nitrogen and oxygen atoms in total. The minimum absolute atomic E-state index is 0.0766. The Hall–Kier alpha value is -4.82. The lowest BCUT2D eigenvalue weighted by Crippen LogP contribution is -2.14. The third-order valence-corrected chi connectivity index (χ3v) is 7.66. The second-order valence-corrected chi connectivity index (χ2v) is 10.5. The van der Waals surface area contributed by atoms with Crippen LogP contribution < -0.4 is 9.47 Å². The highest BCUT2D eigenvalue weighted by molar-refractivity contribution is 8.18. The molecule has 0 radical (unpaired) electrons. The van der Waals surface area contributed by atoms with Gasteiger partial charge >= 0.3 is 5.97 Å². The van der Waals surface area contributed by atoms with Crippen molar-refractivity contribution in [3.63, 3.8) is 0 Å². The van der Waals surface area contributed by atoms with Crippen LogP contribution in [-0.2, 0) is 16.1 Å². The number of hydrogen-bond donors (Lipinski definition) is 1. The van der Waals surface area contributed by atoms with Crippen LogP contribution in [0.2, 0.25) is 0 Å². The van der Waals surface area contributed by atoms with Crippen LogP contribution in [0.4, 0.5) is 0 Å². The molecule has 0 aromatic heterocycles. The van der Waals surface area contributed by atoms with E-state index in [1.165, 1.54) is 0 Å². The van der Waals surface area contributed by atoms with Crippen LogP contribution in [0.25, 0.3) is 16.8 Å². The van der Waals surface area contributed by atoms with E-state index >= 15 is 0 Å². The molecular weight excluding hydrogens is 550 g/mol. The SMILES string of the molecule is CCOC(=O)C1=C(O)/C(=C/c2ccc(OCc3ccc4ccccc4c3)c(OC)c2)SC1=NC(=O)c1ccccc1C. The van der Waals surface area contributed by atoms with E-state index in [2.05, 4.69) is 29.3 Å². The largest absolute Gasteiger partial charge is 0.506 e. The fourth-order valence-electron chi connectivity index (χ4n) is 4.49. The van der Waals surface area contributed by atoms with E-state index in [9.17, 15) is 14.7 Å². The van der Waals surface area contributed by atoms with Crippen molar-refractivity contribution in [2.75, 3.05) is 13.7 Å². The molecule has 1 aliphatic rings. The van der Waals surface area contributed by atoms with Crippen molar-refractivity contribution in [2.24, 2.45) is 4.99 Å². The van der Waals surface area contributed by atoms with Crippen LogP contribution in [0.3, 0.4) is 0 Å². The summed E-state index contributed by atoms with van der Waals surface area (Å²) in [7, 11) is 1.55. The molecule has 5 rings (SSSR count). The number of aliphatic hydroxyl groups excluding tert-OH is 1. The maximum atomic E-state index is 13.0. The zero-order valence-corrected chi connectivity index (χ0v) is 24.2. The number of fused-ring (bicyclic) bond motifs is 1. The number of amides is 1. The third kappa shape index (κ3) is 6.24. The Balaban J connectivity index is 1.40. The van der Waals surface area contributed by atoms with Gasteiger partial charge in [-0.2, -0.15) is 0 Å². The lowest BCUT2D eigenvalue weighted by molar-refractivity contribution is -0.138. The van der Waals surface area contributed by atoms with Gasteiger partial charge in [0.2, 0.25) is 0 Å². The van der Waals surface area contributed by atoms with Gasteiger partial charge in [-0.05, 0) is 71.7 Å². The zero-order valence-electron chi connectivity index (χ0n) is 23.4. The van der Waals surface area contributed by atoms with Crippen LogP contribution in [0.1, 0.15) is 34.0 Å². The van der Waals surface area contributed by atoms with Crippen LogP contribution in [0.5, 0.6) is 11.5 Å². The first-order valence-corrected chi connectivity index (χ1v) is 14.2. The molecule has 0 fully saturated rings. The highest BCUT2D eigenvalue weighted by atomic mass is 32.2. The van der Waals surface area contributed by atoms with E-state index in [0.717, 1.165) is 33.7 Å². The van der Waals surface area contributed by atoms with Gasteiger partial charge in [-0.25, -0.2) is 9.79 Å². The molecular formula is C34H29NO6S. The standard InChI is InChI=1S/C34H29NO6S/c1-4-40-34(38)30-31(36)29(42-33(30)35-32(37)26-12-8-5-9-21(26)2)19-22-14-16-27(28(18-22)39-3)41-20-23-13-15-24-10-6-7-11-25(24)17-23/h5-19,36H,4,20H2,1-3H3/b29-19-,35-33?. The van der Waals surface area contributed by atoms with E-state index in [4.69, 9.17) is 14.2 Å². The number of esters is 1. The Labute approximate surface area is 248 Å². The van der Waals surface area contributed by atoms with Gasteiger partial charge in [0.25, 0.3) is 5.91 Å². The molecule has 1 heterocycles. The summed E-state index contributed by atoms with van der Waals surface area (Å²) in [5, 5.41) is 13.4. The van der Waals surface area contributed by atoms with Crippen molar-refractivity contribution in [3.05, 3.63) is 123 Å². The highest BCUT2D eigenvalue weighted by Crippen LogP contribution is 2.40. The number of nitrogens with zero attached hydrogens (tertiary/aromatic N) is 1. The number of rotatable bonds is 8. The lowest BCUT2D eigenvalue weighted by Gasteiger charge is -2.12. The van der Waals surface area contributed by atoms with Gasteiger partial charge in [-0.3, -0.25) is 4.79 Å². The minimum atomic E-state index is -0.753. The third-order valence-electron chi connectivity index (χ3n) is 6.64. The summed E-state index contributed by atoms with van der Waals surface area (Å²) in [4.78, 5) is 30.2. The number of aliphatic hydroxyl groups is 1. The molecule has 0 bridgehead atoms. The molecule has 8 heteroatoms. The van der Waals surface area contributed by atoms with Gasteiger partial charge in [0.05, 0.1) is 18.6 Å². The number of aliphatic imine (C=N–C) groups is 1. The minimum Gasteiger partial charge on any atom is -0.506 e. The molecule has 4 aromatic carbocycles. The molecule has 1 amide bonds. The van der Waals surface area contributed by atoms with E-state index in [0.29, 0.717) is 34.1 Å². The molecule has 42 heavy (non-hydrogen) atoms. The molecule has 0 atom stereocenters. The second kappa shape index (κ2) is 12.8. The molecule has 1 aliphatic heterocycles. The molecule has 0 saturated heterocycles. The van der Waals surface area contributed by atoms with Crippen LogP contribution in [-0.4, -0.2) is 35.7 Å². The Morgan fingerprint density at radius 1 is 0.929 bits per heavy atom. The van der Waals surface area contributed by atoms with Gasteiger partial charge in [-0.15, -0.1) is 0 Å². The zero-order chi connectivity index (χ0) is 29.6. The number of hydrogen-bond acceptors (Lipinski definition) is 7. The van der Waals surface area contributed by atoms with Crippen molar-refractivity contribution in [1.29, 1.82) is 0 Å². The molecule has 212 valence electrons. The maximum Gasteiger partial charge on any atom is 0.344 e. The number of ether oxygens (including phenoxy) is 3.